The maximum atomic E-state index is 12.5. The number of unbranched alkanes of at least 4 members (excludes halogenated alkanes) is 13. The van der Waals surface area contributed by atoms with Crippen molar-refractivity contribution >= 4 is 11.9 Å². The third-order valence-corrected chi connectivity index (χ3v) is 6.88. The highest BCUT2D eigenvalue weighted by Gasteiger charge is 2.51. The predicted molar refractivity (Wildman–Crippen MR) is 119 cm³/mol. The van der Waals surface area contributed by atoms with Gasteiger partial charge < -0.3 is 10.4 Å². The van der Waals surface area contributed by atoms with Crippen molar-refractivity contribution in [3.63, 3.8) is 0 Å². The van der Waals surface area contributed by atoms with Gasteiger partial charge in [-0.3, -0.25) is 9.59 Å². The average Bonchev–Trinajstić information content (AvgIpc) is 3.32. The molecule has 4 nitrogen and oxygen atoms in total. The topological polar surface area (TPSA) is 66.4 Å². The average molecular weight is 406 g/mol. The molecule has 0 unspecified atom stereocenters. The first-order valence-electron chi connectivity index (χ1n) is 12.3. The molecular weight excluding hydrogens is 362 g/mol. The van der Waals surface area contributed by atoms with E-state index in [-0.39, 0.29) is 23.7 Å². The van der Waals surface area contributed by atoms with E-state index in [1.807, 2.05) is 12.2 Å². The van der Waals surface area contributed by atoms with Crippen LogP contribution in [0.15, 0.2) is 12.2 Å². The van der Waals surface area contributed by atoms with Gasteiger partial charge in [0.2, 0.25) is 5.91 Å². The van der Waals surface area contributed by atoms with Crippen molar-refractivity contribution in [3.05, 3.63) is 12.2 Å². The van der Waals surface area contributed by atoms with E-state index in [1.54, 1.807) is 0 Å². The van der Waals surface area contributed by atoms with Gasteiger partial charge >= 0.3 is 5.97 Å². The van der Waals surface area contributed by atoms with Crippen LogP contribution in [0.5, 0.6) is 0 Å². The summed E-state index contributed by atoms with van der Waals surface area (Å²) in [5.74, 6) is -1.59. The number of carboxylic acids is 1. The Bertz CT molecular complexity index is 516. The molecule has 0 aromatic rings. The first-order chi connectivity index (χ1) is 14.1. The third kappa shape index (κ3) is 8.14. The molecule has 1 fully saturated rings. The number of hydrogen-bond acceptors (Lipinski definition) is 2. The number of amides is 1. The number of nitrogens with one attached hydrogen (secondary N) is 1. The highest BCUT2D eigenvalue weighted by atomic mass is 16.4. The highest BCUT2D eigenvalue weighted by Crippen LogP contribution is 2.48. The fourth-order valence-corrected chi connectivity index (χ4v) is 5.17. The maximum absolute atomic E-state index is 12.5. The summed E-state index contributed by atoms with van der Waals surface area (Å²) in [6, 6.07) is 0. The van der Waals surface area contributed by atoms with Crippen LogP contribution in [0.25, 0.3) is 0 Å². The Balaban J connectivity index is 1.40. The molecule has 0 spiro atoms. The van der Waals surface area contributed by atoms with Gasteiger partial charge in [0.1, 0.15) is 0 Å². The number of rotatable bonds is 17. The Morgan fingerprint density at radius 3 is 1.69 bits per heavy atom. The first-order valence-corrected chi connectivity index (χ1v) is 12.3. The zero-order chi connectivity index (χ0) is 20.9. The van der Waals surface area contributed by atoms with E-state index in [9.17, 15) is 14.7 Å². The molecule has 2 rings (SSSR count). The monoisotopic (exact) mass is 405 g/mol. The van der Waals surface area contributed by atoms with Crippen LogP contribution in [0.3, 0.4) is 0 Å². The van der Waals surface area contributed by atoms with Crippen molar-refractivity contribution in [2.75, 3.05) is 6.54 Å². The normalized spacial score (nSPS) is 24.9. The zero-order valence-electron chi connectivity index (χ0n) is 18.5. The van der Waals surface area contributed by atoms with Crippen molar-refractivity contribution < 1.29 is 14.7 Å². The second-order valence-electron chi connectivity index (χ2n) is 9.23. The van der Waals surface area contributed by atoms with Crippen molar-refractivity contribution in [1.29, 1.82) is 0 Å². The minimum Gasteiger partial charge on any atom is -0.481 e. The molecule has 2 N–H and O–H groups in total. The lowest BCUT2D eigenvalue weighted by Crippen LogP contribution is -2.40. The van der Waals surface area contributed by atoms with Crippen LogP contribution in [-0.2, 0) is 9.59 Å². The van der Waals surface area contributed by atoms with Gasteiger partial charge in [0, 0.05) is 6.54 Å². The number of allylic oxidation sites excluding steroid dienone is 2. The lowest BCUT2D eigenvalue weighted by atomic mass is 9.82. The zero-order valence-corrected chi connectivity index (χ0v) is 18.5. The highest BCUT2D eigenvalue weighted by molar-refractivity contribution is 5.86. The molecule has 1 saturated carbocycles. The summed E-state index contributed by atoms with van der Waals surface area (Å²) >= 11 is 0. The predicted octanol–water partition coefficient (Wildman–Crippen LogP) is 6.11. The van der Waals surface area contributed by atoms with E-state index < -0.39 is 11.9 Å². The van der Waals surface area contributed by atoms with Crippen LogP contribution in [0.1, 0.15) is 103 Å². The molecule has 0 aromatic heterocycles. The minimum atomic E-state index is -0.821. The van der Waals surface area contributed by atoms with Crippen LogP contribution in [0.2, 0.25) is 0 Å². The summed E-state index contributed by atoms with van der Waals surface area (Å²) in [6.07, 6.45) is 23.4. The molecule has 0 radical (unpaired) electrons. The Morgan fingerprint density at radius 1 is 0.759 bits per heavy atom. The SMILES string of the molecule is CCCCCCCCCCCCCCCCNC(=O)[C@H]1[C@H](C(=O)O)[C@H]2C=C[C@H]1C2. The molecule has 0 heterocycles. The quantitative estimate of drug-likeness (QED) is 0.227. The van der Waals surface area contributed by atoms with Gasteiger partial charge in [0.05, 0.1) is 11.8 Å². The summed E-state index contributed by atoms with van der Waals surface area (Å²) in [5.41, 5.74) is 0. The lowest BCUT2D eigenvalue weighted by molar-refractivity contribution is -0.147. The summed E-state index contributed by atoms with van der Waals surface area (Å²) in [5, 5.41) is 12.4. The molecule has 0 aromatic carbocycles. The van der Waals surface area contributed by atoms with E-state index in [0.29, 0.717) is 6.54 Å². The summed E-state index contributed by atoms with van der Waals surface area (Å²) in [6.45, 7) is 2.95. The van der Waals surface area contributed by atoms with Crippen LogP contribution in [-0.4, -0.2) is 23.5 Å². The maximum Gasteiger partial charge on any atom is 0.307 e. The van der Waals surface area contributed by atoms with Crippen LogP contribution in [0, 0.1) is 23.7 Å². The van der Waals surface area contributed by atoms with Crippen LogP contribution in [0.4, 0.5) is 0 Å². The molecule has 29 heavy (non-hydrogen) atoms. The Kier molecular flexibility index (Phi) is 11.4. The van der Waals surface area contributed by atoms with Gasteiger partial charge in [0.15, 0.2) is 0 Å². The second kappa shape index (κ2) is 13.8. The Morgan fingerprint density at radius 2 is 1.21 bits per heavy atom. The lowest BCUT2D eigenvalue weighted by Gasteiger charge is -2.23. The standard InChI is InChI=1S/C25H43NO3/c1-2-3-4-5-6-7-8-9-10-11-12-13-14-15-18-26-24(27)22-20-16-17-21(19-20)23(22)25(28)29/h16-17,20-23H,2-15,18-19H2,1H3,(H,26,27)(H,28,29)/t20-,21-,22+,23+/m0/s1. The van der Waals surface area contributed by atoms with Crippen molar-refractivity contribution in [1.82, 2.24) is 5.32 Å². The van der Waals surface area contributed by atoms with Gasteiger partial charge in [-0.2, -0.15) is 0 Å². The van der Waals surface area contributed by atoms with E-state index in [2.05, 4.69) is 12.2 Å². The van der Waals surface area contributed by atoms with Crippen molar-refractivity contribution in [2.45, 2.75) is 103 Å². The van der Waals surface area contributed by atoms with Gasteiger partial charge in [-0.15, -0.1) is 0 Å². The molecule has 0 saturated heterocycles. The van der Waals surface area contributed by atoms with Gasteiger partial charge in [0.25, 0.3) is 0 Å². The van der Waals surface area contributed by atoms with E-state index in [1.165, 1.54) is 77.0 Å². The van der Waals surface area contributed by atoms with Crippen molar-refractivity contribution in [3.8, 4) is 0 Å². The molecular formula is C25H43NO3. The fourth-order valence-electron chi connectivity index (χ4n) is 5.17. The molecule has 2 aliphatic rings. The summed E-state index contributed by atoms with van der Waals surface area (Å²) < 4.78 is 0. The van der Waals surface area contributed by atoms with Gasteiger partial charge in [-0.05, 0) is 24.7 Å². The molecule has 2 aliphatic carbocycles. The van der Waals surface area contributed by atoms with Gasteiger partial charge in [-0.25, -0.2) is 0 Å². The van der Waals surface area contributed by atoms with E-state index in [4.69, 9.17) is 0 Å². The van der Waals surface area contributed by atoms with E-state index >= 15 is 0 Å². The molecule has 2 bridgehead atoms. The number of hydrogen-bond donors (Lipinski definition) is 2. The largest absolute Gasteiger partial charge is 0.481 e. The molecule has 4 heteroatoms. The number of carboxylic acid groups (broad SMARTS) is 1. The molecule has 4 atom stereocenters. The first kappa shape index (κ1) is 24.0. The second-order valence-corrected chi connectivity index (χ2v) is 9.23. The fraction of sp³-hybridized carbons (Fsp3) is 0.840. The van der Waals surface area contributed by atoms with Crippen LogP contribution < -0.4 is 5.32 Å². The van der Waals surface area contributed by atoms with E-state index in [0.717, 1.165) is 19.3 Å². The Hall–Kier alpha value is -1.32. The summed E-state index contributed by atoms with van der Waals surface area (Å²) in [4.78, 5) is 24.0. The number of aliphatic carboxylic acids is 1. The number of carbonyl (C=O) groups excluding carboxylic acids is 1. The number of carbonyl (C=O) groups is 2. The van der Waals surface area contributed by atoms with Crippen LogP contribution >= 0.6 is 0 Å². The van der Waals surface area contributed by atoms with Gasteiger partial charge in [-0.1, -0.05) is 103 Å². The molecule has 1 amide bonds. The summed E-state index contributed by atoms with van der Waals surface area (Å²) in [7, 11) is 0. The third-order valence-electron chi connectivity index (χ3n) is 6.88. The molecule has 0 aliphatic heterocycles. The number of fused-ring (bicyclic) bond motifs is 2. The Labute approximate surface area is 177 Å². The van der Waals surface area contributed by atoms with Crippen molar-refractivity contribution in [2.24, 2.45) is 23.7 Å². The minimum absolute atomic E-state index is 0.0503. The molecule has 166 valence electrons. The smallest absolute Gasteiger partial charge is 0.307 e.